The molecule has 2 fully saturated rings. The number of nitrogens with zero attached hydrogens (tertiary/aromatic N) is 3. The van der Waals surface area contributed by atoms with Gasteiger partial charge in [0.05, 0.1) is 10.8 Å². The molecule has 2 aliphatic heterocycles. The lowest BCUT2D eigenvalue weighted by Crippen LogP contribution is -2.52. The first-order chi connectivity index (χ1) is 19.9. The van der Waals surface area contributed by atoms with Crippen molar-refractivity contribution in [3.63, 3.8) is 0 Å². The van der Waals surface area contributed by atoms with Crippen molar-refractivity contribution >= 4 is 28.1 Å². The van der Waals surface area contributed by atoms with Gasteiger partial charge in [-0.05, 0) is 29.5 Å². The summed E-state index contributed by atoms with van der Waals surface area (Å²) in [6.07, 6.45) is 2.49. The molecule has 3 aromatic carbocycles. The van der Waals surface area contributed by atoms with Gasteiger partial charge < -0.3 is 9.64 Å². The van der Waals surface area contributed by atoms with Gasteiger partial charge in [-0.1, -0.05) is 104 Å². The van der Waals surface area contributed by atoms with E-state index in [-0.39, 0.29) is 24.4 Å². The molecule has 0 bridgehead atoms. The van der Waals surface area contributed by atoms with Crippen LogP contribution in [-0.2, 0) is 19.7 Å². The molecule has 0 aliphatic carbocycles. The largest absolute Gasteiger partial charge is 0.445 e. The molecule has 9 heteroatoms. The molecule has 0 N–H and O–H groups in total. The maximum atomic E-state index is 13.3. The van der Waals surface area contributed by atoms with Gasteiger partial charge in [-0.15, -0.1) is 11.8 Å². The summed E-state index contributed by atoms with van der Waals surface area (Å²) in [6, 6.07) is 31.1. The molecule has 2 aliphatic rings. The molecule has 2 atom stereocenters. The van der Waals surface area contributed by atoms with Crippen LogP contribution in [0.4, 0.5) is 4.79 Å². The van der Waals surface area contributed by atoms with Crippen molar-refractivity contribution < 1.29 is 17.9 Å². The number of benzene rings is 3. The maximum Gasteiger partial charge on any atom is 0.410 e. The molecule has 216 valence electrons. The van der Waals surface area contributed by atoms with E-state index in [2.05, 4.69) is 79.4 Å². The SMILES string of the molecule is C=CCOC(=O)N1C[C@@H](SC(c2ccccc2)(c2ccccc2)c2ccccc2)C[C@H]1CN1CCCN(C)S1(=O)=O. The summed E-state index contributed by atoms with van der Waals surface area (Å²) >= 11 is 1.82. The second-order valence-corrected chi connectivity index (χ2v) is 14.0. The standard InChI is InChI=1S/C32H37N3O4S2/c1-3-22-39-31(36)35-25-30(23-29(35)24-34-21-13-20-33(2)41(34,37)38)40-32(26-14-7-4-8-15-26,27-16-9-5-10-17-27)28-18-11-6-12-19-28/h3-12,14-19,29-30H,1,13,20-25H2,2H3/t29-,30-/m0/s1. The van der Waals surface area contributed by atoms with Gasteiger partial charge in [-0.25, -0.2) is 4.79 Å². The van der Waals surface area contributed by atoms with Gasteiger partial charge in [0.25, 0.3) is 10.2 Å². The van der Waals surface area contributed by atoms with E-state index < -0.39 is 21.0 Å². The van der Waals surface area contributed by atoms with E-state index >= 15 is 0 Å². The minimum Gasteiger partial charge on any atom is -0.445 e. The first kappa shape index (κ1) is 29.4. The zero-order chi connectivity index (χ0) is 28.9. The smallest absolute Gasteiger partial charge is 0.410 e. The molecule has 2 saturated heterocycles. The molecule has 3 aromatic rings. The Morgan fingerprint density at radius 3 is 2.00 bits per heavy atom. The fraction of sp³-hybridized carbons (Fsp3) is 0.344. The van der Waals surface area contributed by atoms with Crippen LogP contribution in [0.3, 0.4) is 0 Å². The lowest BCUT2D eigenvalue weighted by Gasteiger charge is -2.37. The highest BCUT2D eigenvalue weighted by molar-refractivity contribution is 8.01. The van der Waals surface area contributed by atoms with Crippen LogP contribution in [0.2, 0.25) is 0 Å². The van der Waals surface area contributed by atoms with E-state index in [4.69, 9.17) is 4.74 Å². The van der Waals surface area contributed by atoms with Crippen molar-refractivity contribution in [1.82, 2.24) is 13.5 Å². The highest BCUT2D eigenvalue weighted by Gasteiger charge is 2.46. The van der Waals surface area contributed by atoms with Crippen LogP contribution in [-0.4, -0.2) is 79.1 Å². The van der Waals surface area contributed by atoms with Crippen molar-refractivity contribution in [1.29, 1.82) is 0 Å². The molecule has 5 rings (SSSR count). The summed E-state index contributed by atoms with van der Waals surface area (Å²) < 4.78 is 34.1. The highest BCUT2D eigenvalue weighted by Crippen LogP contribution is 2.52. The number of thioether (sulfide) groups is 1. The monoisotopic (exact) mass is 591 g/mol. The van der Waals surface area contributed by atoms with Crippen molar-refractivity contribution in [3.8, 4) is 0 Å². The van der Waals surface area contributed by atoms with Crippen LogP contribution in [0, 0.1) is 0 Å². The number of amides is 1. The average Bonchev–Trinajstić information content (AvgIpc) is 3.40. The molecule has 0 saturated carbocycles. The molecular weight excluding hydrogens is 555 g/mol. The number of likely N-dealkylation sites (tertiary alicyclic amines) is 1. The Morgan fingerprint density at radius 1 is 0.951 bits per heavy atom. The Hall–Kier alpha value is -3.11. The van der Waals surface area contributed by atoms with E-state index in [0.717, 1.165) is 23.1 Å². The Morgan fingerprint density at radius 2 is 1.49 bits per heavy atom. The van der Waals surface area contributed by atoms with Gasteiger partial charge in [-0.3, -0.25) is 0 Å². The van der Waals surface area contributed by atoms with Crippen molar-refractivity contribution in [3.05, 3.63) is 120 Å². The van der Waals surface area contributed by atoms with E-state index in [9.17, 15) is 13.2 Å². The fourth-order valence-electron chi connectivity index (χ4n) is 5.86. The van der Waals surface area contributed by atoms with Crippen molar-refractivity contribution in [2.75, 3.05) is 39.8 Å². The molecule has 0 unspecified atom stereocenters. The van der Waals surface area contributed by atoms with E-state index in [1.165, 1.54) is 8.61 Å². The number of hydrogen-bond donors (Lipinski definition) is 0. The molecule has 0 radical (unpaired) electrons. The van der Waals surface area contributed by atoms with Crippen LogP contribution < -0.4 is 0 Å². The Bertz CT molecular complexity index is 1320. The lowest BCUT2D eigenvalue weighted by atomic mass is 9.84. The van der Waals surface area contributed by atoms with Gasteiger partial charge in [0.15, 0.2) is 0 Å². The zero-order valence-corrected chi connectivity index (χ0v) is 25.0. The van der Waals surface area contributed by atoms with Crippen molar-refractivity contribution in [2.24, 2.45) is 0 Å². The molecule has 0 spiro atoms. The number of carbonyl (C=O) groups excluding carboxylic acids is 1. The minimum atomic E-state index is -3.57. The fourth-order valence-corrected chi connectivity index (χ4v) is 9.20. The normalized spacial score (nSPS) is 21.4. The summed E-state index contributed by atoms with van der Waals surface area (Å²) in [7, 11) is -1.96. The van der Waals surface area contributed by atoms with Crippen LogP contribution in [0.25, 0.3) is 0 Å². The van der Waals surface area contributed by atoms with Gasteiger partial charge in [0.2, 0.25) is 0 Å². The van der Waals surface area contributed by atoms with Gasteiger partial charge >= 0.3 is 6.09 Å². The summed E-state index contributed by atoms with van der Waals surface area (Å²) in [6.45, 7) is 5.40. The Labute approximate surface area is 248 Å². The van der Waals surface area contributed by atoms with Crippen LogP contribution >= 0.6 is 11.8 Å². The summed E-state index contributed by atoms with van der Waals surface area (Å²) in [5.41, 5.74) is 3.44. The molecular formula is C32H37N3O4S2. The van der Waals surface area contributed by atoms with Crippen molar-refractivity contribution in [2.45, 2.75) is 28.9 Å². The third-order valence-corrected chi connectivity index (χ3v) is 11.5. The van der Waals surface area contributed by atoms with Crippen LogP contribution in [0.1, 0.15) is 29.5 Å². The lowest BCUT2D eigenvalue weighted by molar-refractivity contribution is 0.103. The third-order valence-electron chi connectivity index (χ3n) is 7.83. The Balaban J connectivity index is 1.53. The van der Waals surface area contributed by atoms with E-state index in [0.29, 0.717) is 26.1 Å². The summed E-state index contributed by atoms with van der Waals surface area (Å²) in [5, 5.41) is 0.0159. The van der Waals surface area contributed by atoms with Gasteiger partial charge in [0, 0.05) is 38.5 Å². The number of rotatable bonds is 9. The van der Waals surface area contributed by atoms with Gasteiger partial charge in [0.1, 0.15) is 6.61 Å². The van der Waals surface area contributed by atoms with E-state index in [1.807, 2.05) is 30.0 Å². The minimum absolute atomic E-state index is 0.0159. The predicted molar refractivity (Wildman–Crippen MR) is 165 cm³/mol. The first-order valence-corrected chi connectivity index (χ1v) is 16.2. The summed E-state index contributed by atoms with van der Waals surface area (Å²) in [4.78, 5) is 15.0. The second-order valence-electron chi connectivity index (χ2n) is 10.5. The maximum absolute atomic E-state index is 13.3. The quantitative estimate of drug-likeness (QED) is 0.248. The second kappa shape index (κ2) is 12.8. The highest BCUT2D eigenvalue weighted by atomic mass is 32.2. The Kier molecular flexibility index (Phi) is 9.19. The molecule has 7 nitrogen and oxygen atoms in total. The molecule has 2 heterocycles. The predicted octanol–water partition coefficient (Wildman–Crippen LogP) is 5.36. The topological polar surface area (TPSA) is 70.2 Å². The third kappa shape index (κ3) is 6.09. The number of hydrogen-bond acceptors (Lipinski definition) is 5. The number of carbonyl (C=O) groups is 1. The van der Waals surface area contributed by atoms with Crippen LogP contribution in [0.15, 0.2) is 104 Å². The van der Waals surface area contributed by atoms with E-state index in [1.54, 1.807) is 18.0 Å². The zero-order valence-electron chi connectivity index (χ0n) is 23.3. The summed E-state index contributed by atoms with van der Waals surface area (Å²) in [5.74, 6) is 0. The number of ether oxygens (including phenoxy) is 1. The van der Waals surface area contributed by atoms with Gasteiger partial charge in [-0.2, -0.15) is 17.0 Å². The molecule has 1 amide bonds. The molecule has 0 aromatic heterocycles. The first-order valence-electron chi connectivity index (χ1n) is 14.0. The molecule has 41 heavy (non-hydrogen) atoms. The average molecular weight is 592 g/mol. The van der Waals surface area contributed by atoms with Crippen LogP contribution in [0.5, 0.6) is 0 Å².